The number of fused-ring (bicyclic) bond motifs is 1. The van der Waals surface area contributed by atoms with E-state index in [1.54, 1.807) is 19.4 Å². The second-order valence-electron chi connectivity index (χ2n) is 7.27. The minimum atomic E-state index is -0.0938. The molecular formula is C24H25N3O2. The fourth-order valence-corrected chi connectivity index (χ4v) is 3.93. The van der Waals surface area contributed by atoms with Crippen LogP contribution < -0.4 is 15.0 Å². The standard InChI is InChI=1S/C24H25N3O2/c1-17-15-19-8-3-5-9-21(19)27(17)23-16-20(12-13-25-23)24(28)26-14-11-18-7-4-6-10-22(18)29-2/h3-10,12-13,16-17H,11,14-15H2,1-2H3,(H,26,28). The highest BCUT2D eigenvalue weighted by Gasteiger charge is 2.28. The predicted molar refractivity (Wildman–Crippen MR) is 115 cm³/mol. The zero-order valence-electron chi connectivity index (χ0n) is 16.8. The molecule has 5 nitrogen and oxygen atoms in total. The highest BCUT2D eigenvalue weighted by molar-refractivity contribution is 5.95. The number of para-hydroxylation sites is 2. The van der Waals surface area contributed by atoms with Crippen LogP contribution in [-0.4, -0.2) is 30.6 Å². The van der Waals surface area contributed by atoms with Crippen molar-refractivity contribution in [3.63, 3.8) is 0 Å². The van der Waals surface area contributed by atoms with Gasteiger partial charge in [-0.2, -0.15) is 0 Å². The Balaban J connectivity index is 1.45. The van der Waals surface area contributed by atoms with E-state index in [4.69, 9.17) is 4.74 Å². The van der Waals surface area contributed by atoms with Crippen molar-refractivity contribution in [2.75, 3.05) is 18.6 Å². The van der Waals surface area contributed by atoms with Gasteiger partial charge >= 0.3 is 0 Å². The number of pyridine rings is 1. The molecule has 5 heteroatoms. The predicted octanol–water partition coefficient (Wildman–Crippen LogP) is 4.15. The van der Waals surface area contributed by atoms with E-state index in [1.807, 2.05) is 36.4 Å². The molecule has 2 aromatic carbocycles. The third-order valence-corrected chi connectivity index (χ3v) is 5.33. The summed E-state index contributed by atoms with van der Waals surface area (Å²) in [4.78, 5) is 19.4. The summed E-state index contributed by atoms with van der Waals surface area (Å²) in [6.07, 6.45) is 3.40. The number of amides is 1. The number of hydrogen-bond donors (Lipinski definition) is 1. The molecule has 0 fully saturated rings. The number of aromatic nitrogens is 1. The topological polar surface area (TPSA) is 54.5 Å². The van der Waals surface area contributed by atoms with Crippen LogP contribution in [0.15, 0.2) is 66.9 Å². The summed E-state index contributed by atoms with van der Waals surface area (Å²) >= 11 is 0. The van der Waals surface area contributed by atoms with Crippen LogP contribution in [-0.2, 0) is 12.8 Å². The molecule has 1 aliphatic heterocycles. The van der Waals surface area contributed by atoms with Gasteiger partial charge in [-0.1, -0.05) is 36.4 Å². The van der Waals surface area contributed by atoms with Gasteiger partial charge < -0.3 is 15.0 Å². The molecule has 0 bridgehead atoms. The lowest BCUT2D eigenvalue weighted by atomic mass is 10.1. The zero-order chi connectivity index (χ0) is 20.2. The van der Waals surface area contributed by atoms with Gasteiger partial charge in [-0.25, -0.2) is 4.98 Å². The van der Waals surface area contributed by atoms with Crippen molar-refractivity contribution in [2.24, 2.45) is 0 Å². The normalized spacial score (nSPS) is 15.1. The summed E-state index contributed by atoms with van der Waals surface area (Å²) in [5, 5.41) is 3.01. The summed E-state index contributed by atoms with van der Waals surface area (Å²) < 4.78 is 5.37. The molecule has 1 aliphatic rings. The molecule has 29 heavy (non-hydrogen) atoms. The Bertz CT molecular complexity index is 1020. The van der Waals surface area contributed by atoms with Gasteiger partial charge in [0.05, 0.1) is 7.11 Å². The number of carbonyl (C=O) groups excluding carboxylic acids is 1. The molecule has 0 saturated carbocycles. The monoisotopic (exact) mass is 387 g/mol. The van der Waals surface area contributed by atoms with Gasteiger partial charge in [0.1, 0.15) is 11.6 Å². The van der Waals surface area contributed by atoms with E-state index in [1.165, 1.54) is 11.3 Å². The Labute approximate surface area is 171 Å². The van der Waals surface area contributed by atoms with Gasteiger partial charge in [0.15, 0.2) is 0 Å². The first-order valence-electron chi connectivity index (χ1n) is 9.90. The van der Waals surface area contributed by atoms with E-state index in [-0.39, 0.29) is 5.91 Å². The largest absolute Gasteiger partial charge is 0.496 e. The number of ether oxygens (including phenoxy) is 1. The maximum atomic E-state index is 12.7. The molecule has 0 radical (unpaired) electrons. The molecular weight excluding hydrogens is 362 g/mol. The van der Waals surface area contributed by atoms with E-state index in [2.05, 4.69) is 40.3 Å². The van der Waals surface area contributed by atoms with Crippen molar-refractivity contribution < 1.29 is 9.53 Å². The zero-order valence-corrected chi connectivity index (χ0v) is 16.8. The van der Waals surface area contributed by atoms with Crippen LogP contribution in [0.4, 0.5) is 11.5 Å². The fourth-order valence-electron chi connectivity index (χ4n) is 3.93. The van der Waals surface area contributed by atoms with Crippen molar-refractivity contribution in [1.82, 2.24) is 10.3 Å². The third kappa shape index (κ3) is 3.94. The number of methoxy groups -OCH3 is 1. The van der Waals surface area contributed by atoms with Crippen LogP contribution in [0.5, 0.6) is 5.75 Å². The van der Waals surface area contributed by atoms with Crippen molar-refractivity contribution in [1.29, 1.82) is 0 Å². The second kappa shape index (κ2) is 8.35. The Morgan fingerprint density at radius 2 is 1.97 bits per heavy atom. The number of benzene rings is 2. The van der Waals surface area contributed by atoms with E-state index in [0.717, 1.165) is 23.6 Å². The molecule has 148 valence electrons. The highest BCUT2D eigenvalue weighted by atomic mass is 16.5. The Kier molecular flexibility index (Phi) is 5.47. The minimum Gasteiger partial charge on any atom is -0.496 e. The van der Waals surface area contributed by atoms with Gasteiger partial charge in [-0.15, -0.1) is 0 Å². The average Bonchev–Trinajstić information content (AvgIpc) is 3.09. The number of carbonyl (C=O) groups is 1. The lowest BCUT2D eigenvalue weighted by molar-refractivity contribution is 0.0954. The first-order chi connectivity index (χ1) is 14.2. The SMILES string of the molecule is COc1ccccc1CCNC(=O)c1ccnc(N2c3ccccc3CC2C)c1. The summed E-state index contributed by atoms with van der Waals surface area (Å²) in [7, 11) is 1.66. The lowest BCUT2D eigenvalue weighted by Gasteiger charge is -2.24. The number of rotatable bonds is 6. The number of anilines is 2. The Morgan fingerprint density at radius 3 is 2.83 bits per heavy atom. The highest BCUT2D eigenvalue weighted by Crippen LogP contribution is 2.37. The molecule has 1 amide bonds. The molecule has 0 aliphatic carbocycles. The number of hydrogen-bond acceptors (Lipinski definition) is 4. The average molecular weight is 387 g/mol. The van der Waals surface area contributed by atoms with E-state index in [9.17, 15) is 4.79 Å². The molecule has 2 heterocycles. The molecule has 1 atom stereocenters. The van der Waals surface area contributed by atoms with Crippen molar-refractivity contribution in [2.45, 2.75) is 25.8 Å². The summed E-state index contributed by atoms with van der Waals surface area (Å²) in [6.45, 7) is 2.72. The van der Waals surface area contributed by atoms with Crippen LogP contribution in [0.1, 0.15) is 28.4 Å². The molecule has 0 saturated heterocycles. The van der Waals surface area contributed by atoms with Crippen molar-refractivity contribution >= 4 is 17.4 Å². The fraction of sp³-hybridized carbons (Fsp3) is 0.250. The van der Waals surface area contributed by atoms with Gasteiger partial charge in [0, 0.05) is 30.0 Å². The number of nitrogens with one attached hydrogen (secondary N) is 1. The molecule has 1 aromatic heterocycles. The van der Waals surface area contributed by atoms with Crippen LogP contribution in [0.25, 0.3) is 0 Å². The maximum absolute atomic E-state index is 12.7. The first kappa shape index (κ1) is 19.0. The molecule has 4 rings (SSSR count). The first-order valence-corrected chi connectivity index (χ1v) is 9.90. The van der Waals surface area contributed by atoms with Gasteiger partial charge in [0.2, 0.25) is 0 Å². The summed E-state index contributed by atoms with van der Waals surface area (Å²) in [5.41, 5.74) is 4.18. The summed E-state index contributed by atoms with van der Waals surface area (Å²) in [5.74, 6) is 1.55. The van der Waals surface area contributed by atoms with Crippen LogP contribution in [0, 0.1) is 0 Å². The molecule has 1 N–H and O–H groups in total. The molecule has 3 aromatic rings. The summed E-state index contributed by atoms with van der Waals surface area (Å²) in [6, 6.07) is 20.2. The van der Waals surface area contributed by atoms with E-state index < -0.39 is 0 Å². The van der Waals surface area contributed by atoms with Gasteiger partial charge in [0.25, 0.3) is 5.91 Å². The Morgan fingerprint density at radius 1 is 1.17 bits per heavy atom. The Hall–Kier alpha value is -3.34. The van der Waals surface area contributed by atoms with Gasteiger partial charge in [-0.3, -0.25) is 4.79 Å². The van der Waals surface area contributed by atoms with Crippen LogP contribution >= 0.6 is 0 Å². The quantitative estimate of drug-likeness (QED) is 0.691. The van der Waals surface area contributed by atoms with E-state index in [0.29, 0.717) is 24.6 Å². The second-order valence-corrected chi connectivity index (χ2v) is 7.27. The third-order valence-electron chi connectivity index (χ3n) is 5.33. The van der Waals surface area contributed by atoms with E-state index >= 15 is 0 Å². The van der Waals surface area contributed by atoms with Crippen molar-refractivity contribution in [3.05, 3.63) is 83.6 Å². The lowest BCUT2D eigenvalue weighted by Crippen LogP contribution is -2.27. The van der Waals surface area contributed by atoms with Crippen LogP contribution in [0.3, 0.4) is 0 Å². The smallest absolute Gasteiger partial charge is 0.251 e. The molecule has 1 unspecified atom stereocenters. The number of nitrogens with zero attached hydrogens (tertiary/aromatic N) is 2. The molecule has 0 spiro atoms. The maximum Gasteiger partial charge on any atom is 0.251 e. The van der Waals surface area contributed by atoms with Crippen LogP contribution in [0.2, 0.25) is 0 Å². The van der Waals surface area contributed by atoms with Crippen molar-refractivity contribution in [3.8, 4) is 5.75 Å². The minimum absolute atomic E-state index is 0.0938. The van der Waals surface area contributed by atoms with Gasteiger partial charge in [-0.05, 0) is 55.2 Å².